The van der Waals surface area contributed by atoms with Crippen LogP contribution in [-0.4, -0.2) is 23.0 Å². The number of imide groups is 1. The molecule has 0 aliphatic carbocycles. The van der Waals surface area contributed by atoms with Gasteiger partial charge in [-0.15, -0.1) is 0 Å². The molecular weight excluding hydrogens is 358 g/mol. The molecule has 0 saturated carbocycles. The third kappa shape index (κ3) is 4.55. The quantitative estimate of drug-likeness (QED) is 0.812. The van der Waals surface area contributed by atoms with Crippen LogP contribution in [0.3, 0.4) is 0 Å². The Hall–Kier alpha value is -1.98. The predicted molar refractivity (Wildman–Crippen MR) is 100 cm³/mol. The summed E-state index contributed by atoms with van der Waals surface area (Å²) in [5, 5.41) is 2.42. The van der Waals surface area contributed by atoms with E-state index in [4.69, 9.17) is 16.3 Å². The lowest BCUT2D eigenvalue weighted by Crippen LogP contribution is -2.25. The molecule has 0 radical (unpaired) electrons. The Morgan fingerprint density at radius 3 is 2.52 bits per heavy atom. The zero-order valence-corrected chi connectivity index (χ0v) is 15.3. The summed E-state index contributed by atoms with van der Waals surface area (Å²) < 4.78 is 5.84. The molecule has 1 fully saturated rings. The lowest BCUT2D eigenvalue weighted by Gasteiger charge is -2.15. The minimum atomic E-state index is -0.348. The van der Waals surface area contributed by atoms with Gasteiger partial charge in [-0.1, -0.05) is 60.6 Å². The van der Waals surface area contributed by atoms with Crippen molar-refractivity contribution in [3.05, 3.63) is 64.7 Å². The second kappa shape index (κ2) is 7.93. The van der Waals surface area contributed by atoms with E-state index in [0.717, 1.165) is 33.7 Å². The van der Waals surface area contributed by atoms with E-state index in [-0.39, 0.29) is 22.3 Å². The van der Waals surface area contributed by atoms with Gasteiger partial charge in [0.2, 0.25) is 5.91 Å². The lowest BCUT2D eigenvalue weighted by molar-refractivity contribution is -0.118. The van der Waals surface area contributed by atoms with Crippen LogP contribution in [0.1, 0.15) is 24.0 Å². The summed E-state index contributed by atoms with van der Waals surface area (Å²) in [5.41, 5.74) is 2.06. The number of rotatable bonds is 6. The summed E-state index contributed by atoms with van der Waals surface area (Å²) in [5.74, 6) is 0.726. The predicted octanol–water partition coefficient (Wildman–Crippen LogP) is 4.42. The molecule has 1 aliphatic rings. The number of benzene rings is 2. The fraction of sp³-hybridized carbons (Fsp3) is 0.263. The van der Waals surface area contributed by atoms with Gasteiger partial charge in [-0.3, -0.25) is 14.9 Å². The molecule has 2 atom stereocenters. The molecule has 1 heterocycles. The number of hydrogen-bond acceptors (Lipinski definition) is 4. The Balaban J connectivity index is 1.55. The maximum atomic E-state index is 11.6. The van der Waals surface area contributed by atoms with E-state index in [0.29, 0.717) is 13.0 Å². The summed E-state index contributed by atoms with van der Waals surface area (Å²) in [4.78, 5) is 22.8. The molecule has 1 aliphatic heterocycles. The van der Waals surface area contributed by atoms with Gasteiger partial charge in [-0.25, -0.2) is 0 Å². The van der Waals surface area contributed by atoms with Crippen molar-refractivity contribution in [2.75, 3.05) is 6.61 Å². The van der Waals surface area contributed by atoms with Crippen LogP contribution in [0.15, 0.2) is 48.5 Å². The molecule has 1 N–H and O–H groups in total. The smallest absolute Gasteiger partial charge is 0.286 e. The van der Waals surface area contributed by atoms with Crippen LogP contribution < -0.4 is 10.1 Å². The van der Waals surface area contributed by atoms with Crippen LogP contribution in [-0.2, 0) is 11.2 Å². The number of carbonyl (C=O) groups is 2. The van der Waals surface area contributed by atoms with Crippen LogP contribution in [0.5, 0.6) is 5.75 Å². The molecule has 2 aromatic rings. The van der Waals surface area contributed by atoms with Crippen molar-refractivity contribution in [3.8, 4) is 5.75 Å². The molecule has 6 heteroatoms. The number of nitrogens with one attached hydrogen (secondary N) is 1. The molecule has 2 unspecified atom stereocenters. The van der Waals surface area contributed by atoms with E-state index < -0.39 is 0 Å². The van der Waals surface area contributed by atoms with Gasteiger partial charge in [0, 0.05) is 10.9 Å². The first-order valence-electron chi connectivity index (χ1n) is 8.00. The Morgan fingerprint density at radius 1 is 1.16 bits per heavy atom. The topological polar surface area (TPSA) is 55.4 Å². The monoisotopic (exact) mass is 375 g/mol. The minimum absolute atomic E-state index is 0.179. The standard InChI is InChI=1S/C19H18ClNO3S/c1-12(15-4-2-3-5-16(15)20)11-24-14-8-6-13(7-9-14)10-17-18(22)21-19(23)25-17/h2-9,12,17H,10-11H2,1H3,(H,21,22,23). The van der Waals surface area contributed by atoms with Crippen molar-refractivity contribution < 1.29 is 14.3 Å². The molecule has 130 valence electrons. The fourth-order valence-corrected chi connectivity index (χ4v) is 3.83. The summed E-state index contributed by atoms with van der Waals surface area (Å²) in [7, 11) is 0. The summed E-state index contributed by atoms with van der Waals surface area (Å²) in [6, 6.07) is 15.4. The normalized spacial score (nSPS) is 18.1. The molecule has 3 rings (SSSR count). The van der Waals surface area contributed by atoms with Crippen molar-refractivity contribution in [2.24, 2.45) is 0 Å². The highest BCUT2D eigenvalue weighted by Gasteiger charge is 2.31. The van der Waals surface area contributed by atoms with Crippen LogP contribution in [0, 0.1) is 0 Å². The highest BCUT2D eigenvalue weighted by atomic mass is 35.5. The summed E-state index contributed by atoms with van der Waals surface area (Å²) in [6.07, 6.45) is 0.526. The first kappa shape index (κ1) is 17.8. The van der Waals surface area contributed by atoms with Crippen molar-refractivity contribution in [2.45, 2.75) is 24.5 Å². The van der Waals surface area contributed by atoms with Crippen molar-refractivity contribution in [1.82, 2.24) is 5.32 Å². The number of carbonyl (C=O) groups excluding carboxylic acids is 2. The zero-order chi connectivity index (χ0) is 17.8. The molecule has 2 amide bonds. The van der Waals surface area contributed by atoms with Gasteiger partial charge in [-0.2, -0.15) is 0 Å². The van der Waals surface area contributed by atoms with Gasteiger partial charge in [0.25, 0.3) is 5.24 Å². The molecule has 0 bridgehead atoms. The molecular formula is C19H18ClNO3S. The van der Waals surface area contributed by atoms with Crippen molar-refractivity contribution in [1.29, 1.82) is 0 Å². The van der Waals surface area contributed by atoms with E-state index in [1.165, 1.54) is 0 Å². The highest BCUT2D eigenvalue weighted by molar-refractivity contribution is 8.15. The molecule has 0 spiro atoms. The molecule has 0 aromatic heterocycles. The number of ether oxygens (including phenoxy) is 1. The Bertz CT molecular complexity index is 778. The Labute approximate surface area is 155 Å². The third-order valence-corrected chi connectivity index (χ3v) is 5.37. The molecule has 1 saturated heterocycles. The number of halogens is 1. The van der Waals surface area contributed by atoms with Gasteiger partial charge in [0.15, 0.2) is 0 Å². The van der Waals surface area contributed by atoms with E-state index in [1.54, 1.807) is 0 Å². The Morgan fingerprint density at radius 2 is 1.88 bits per heavy atom. The number of thioether (sulfide) groups is 1. The van der Waals surface area contributed by atoms with Gasteiger partial charge in [0.1, 0.15) is 5.75 Å². The second-order valence-corrected chi connectivity index (χ2v) is 7.55. The number of amides is 2. The maximum absolute atomic E-state index is 11.6. The van der Waals surface area contributed by atoms with Crippen LogP contribution in [0.2, 0.25) is 5.02 Å². The third-order valence-electron chi connectivity index (χ3n) is 4.05. The SMILES string of the molecule is CC(COc1ccc(CC2SC(=O)NC2=O)cc1)c1ccccc1Cl. The highest BCUT2D eigenvalue weighted by Crippen LogP contribution is 2.26. The van der Waals surface area contributed by atoms with Crippen molar-refractivity contribution in [3.63, 3.8) is 0 Å². The largest absolute Gasteiger partial charge is 0.493 e. The van der Waals surface area contributed by atoms with Gasteiger partial charge in [-0.05, 0) is 35.7 Å². The van der Waals surface area contributed by atoms with Crippen molar-refractivity contribution >= 4 is 34.5 Å². The lowest BCUT2D eigenvalue weighted by atomic mass is 10.0. The Kier molecular flexibility index (Phi) is 5.66. The molecule has 2 aromatic carbocycles. The molecule has 25 heavy (non-hydrogen) atoms. The molecule has 4 nitrogen and oxygen atoms in total. The average Bonchev–Trinajstić information content (AvgIpc) is 2.91. The van der Waals surface area contributed by atoms with Crippen LogP contribution in [0.25, 0.3) is 0 Å². The van der Waals surface area contributed by atoms with Crippen LogP contribution >= 0.6 is 23.4 Å². The maximum Gasteiger partial charge on any atom is 0.286 e. The van der Waals surface area contributed by atoms with Crippen LogP contribution in [0.4, 0.5) is 4.79 Å². The van der Waals surface area contributed by atoms with E-state index >= 15 is 0 Å². The van der Waals surface area contributed by atoms with Gasteiger partial charge in [0.05, 0.1) is 11.9 Å². The van der Waals surface area contributed by atoms with E-state index in [2.05, 4.69) is 12.2 Å². The first-order valence-corrected chi connectivity index (χ1v) is 9.26. The minimum Gasteiger partial charge on any atom is -0.493 e. The number of hydrogen-bond donors (Lipinski definition) is 1. The van der Waals surface area contributed by atoms with Gasteiger partial charge < -0.3 is 4.74 Å². The first-order chi connectivity index (χ1) is 12.0. The van der Waals surface area contributed by atoms with Gasteiger partial charge >= 0.3 is 0 Å². The second-order valence-electron chi connectivity index (χ2n) is 5.96. The average molecular weight is 376 g/mol. The van der Waals surface area contributed by atoms with E-state index in [9.17, 15) is 9.59 Å². The summed E-state index contributed by atoms with van der Waals surface area (Å²) >= 11 is 7.25. The zero-order valence-electron chi connectivity index (χ0n) is 13.7. The summed E-state index contributed by atoms with van der Waals surface area (Å²) in [6.45, 7) is 2.60. The fourth-order valence-electron chi connectivity index (χ4n) is 2.65. The van der Waals surface area contributed by atoms with E-state index in [1.807, 2.05) is 48.5 Å².